The van der Waals surface area contributed by atoms with Crippen molar-refractivity contribution in [2.45, 2.75) is 19.3 Å². The first-order valence-corrected chi connectivity index (χ1v) is 11.3. The Labute approximate surface area is 196 Å². The molecule has 2 saturated heterocycles. The molecule has 0 bridgehead atoms. The molecule has 174 valence electrons. The Morgan fingerprint density at radius 2 is 1.65 bits per heavy atom. The summed E-state index contributed by atoms with van der Waals surface area (Å²) in [6.07, 6.45) is 5.00. The van der Waals surface area contributed by atoms with E-state index in [2.05, 4.69) is 0 Å². The predicted octanol–water partition coefficient (Wildman–Crippen LogP) is 3.11. The normalized spacial score (nSPS) is 23.9. The van der Waals surface area contributed by atoms with Crippen molar-refractivity contribution in [1.29, 1.82) is 0 Å². The third-order valence-electron chi connectivity index (χ3n) is 6.64. The highest BCUT2D eigenvalue weighted by molar-refractivity contribution is 6.22. The van der Waals surface area contributed by atoms with Gasteiger partial charge >= 0.3 is 5.97 Å². The number of benzene rings is 2. The van der Waals surface area contributed by atoms with Crippen molar-refractivity contribution in [2.75, 3.05) is 23.5 Å². The summed E-state index contributed by atoms with van der Waals surface area (Å²) in [5.74, 6) is -1.74. The lowest BCUT2D eigenvalue weighted by Crippen LogP contribution is -2.31. The summed E-state index contributed by atoms with van der Waals surface area (Å²) in [5.41, 5.74) is 0.988. The van der Waals surface area contributed by atoms with Gasteiger partial charge in [-0.3, -0.25) is 19.2 Å². The average molecular weight is 460 g/mol. The number of esters is 1. The number of para-hydroxylation sites is 2. The van der Waals surface area contributed by atoms with Crippen LogP contribution in [0, 0.1) is 17.8 Å². The highest BCUT2D eigenvalue weighted by atomic mass is 16.5. The minimum Gasteiger partial charge on any atom is -0.495 e. The Morgan fingerprint density at radius 1 is 0.941 bits per heavy atom. The van der Waals surface area contributed by atoms with E-state index in [0.717, 1.165) is 0 Å². The number of hydrogen-bond donors (Lipinski definition) is 0. The molecule has 0 N–H and O–H groups in total. The number of methoxy groups -OCH3 is 1. The maximum absolute atomic E-state index is 12.9. The quantitative estimate of drug-likeness (QED) is 0.295. The minimum atomic E-state index is -0.648. The largest absolute Gasteiger partial charge is 0.495 e. The third-order valence-corrected chi connectivity index (χ3v) is 6.64. The number of anilines is 2. The molecule has 0 spiro atoms. The van der Waals surface area contributed by atoms with E-state index in [1.165, 1.54) is 23.0 Å². The van der Waals surface area contributed by atoms with Crippen LogP contribution in [-0.4, -0.2) is 37.3 Å². The Hall–Kier alpha value is -3.94. The van der Waals surface area contributed by atoms with Gasteiger partial charge in [-0.05, 0) is 37.1 Å². The van der Waals surface area contributed by atoms with Crippen molar-refractivity contribution in [3.8, 4) is 11.5 Å². The van der Waals surface area contributed by atoms with Crippen LogP contribution in [0.4, 0.5) is 11.4 Å². The molecule has 3 aliphatic rings. The van der Waals surface area contributed by atoms with Crippen molar-refractivity contribution in [3.05, 3.63) is 60.7 Å². The van der Waals surface area contributed by atoms with Crippen LogP contribution >= 0.6 is 0 Å². The van der Waals surface area contributed by atoms with Crippen LogP contribution in [-0.2, 0) is 19.2 Å². The van der Waals surface area contributed by atoms with Gasteiger partial charge in [0.1, 0.15) is 11.5 Å². The van der Waals surface area contributed by atoms with E-state index < -0.39 is 11.9 Å². The molecule has 8 heteroatoms. The molecule has 2 aromatic carbocycles. The molecular formula is C26H24N2O6. The van der Waals surface area contributed by atoms with E-state index in [-0.39, 0.29) is 48.3 Å². The monoisotopic (exact) mass is 460 g/mol. The second-order valence-corrected chi connectivity index (χ2v) is 8.66. The summed E-state index contributed by atoms with van der Waals surface area (Å²) in [6, 6.07) is 13.5. The summed E-state index contributed by atoms with van der Waals surface area (Å²) in [4.78, 5) is 53.9. The van der Waals surface area contributed by atoms with Gasteiger partial charge in [-0.25, -0.2) is 4.90 Å². The molecule has 1 aliphatic carbocycles. The van der Waals surface area contributed by atoms with Crippen molar-refractivity contribution >= 4 is 35.1 Å². The molecule has 0 saturated carbocycles. The van der Waals surface area contributed by atoms with E-state index in [4.69, 9.17) is 9.47 Å². The first kappa shape index (κ1) is 21.9. The number of ether oxygens (including phenoxy) is 2. The molecule has 34 heavy (non-hydrogen) atoms. The van der Waals surface area contributed by atoms with E-state index in [1.807, 2.05) is 18.2 Å². The van der Waals surface area contributed by atoms with Crippen LogP contribution in [0.3, 0.4) is 0 Å². The number of carbonyl (C=O) groups is 4. The van der Waals surface area contributed by atoms with Gasteiger partial charge in [-0.15, -0.1) is 0 Å². The molecule has 2 heterocycles. The minimum absolute atomic E-state index is 0.0238. The van der Waals surface area contributed by atoms with Crippen molar-refractivity contribution in [3.63, 3.8) is 0 Å². The molecule has 0 unspecified atom stereocenters. The Kier molecular flexibility index (Phi) is 5.65. The van der Waals surface area contributed by atoms with E-state index in [1.54, 1.807) is 36.4 Å². The molecule has 3 amide bonds. The summed E-state index contributed by atoms with van der Waals surface area (Å²) in [5, 5.41) is 0. The predicted molar refractivity (Wildman–Crippen MR) is 123 cm³/mol. The Balaban J connectivity index is 1.30. The van der Waals surface area contributed by atoms with Gasteiger partial charge in [0.2, 0.25) is 17.7 Å². The first-order valence-electron chi connectivity index (χ1n) is 11.3. The van der Waals surface area contributed by atoms with Gasteiger partial charge in [0.15, 0.2) is 0 Å². The van der Waals surface area contributed by atoms with Gasteiger partial charge in [-0.2, -0.15) is 0 Å². The highest BCUT2D eigenvalue weighted by Gasteiger charge is 2.48. The van der Waals surface area contributed by atoms with Gasteiger partial charge in [-0.1, -0.05) is 30.4 Å². The van der Waals surface area contributed by atoms with Crippen LogP contribution in [0.2, 0.25) is 0 Å². The van der Waals surface area contributed by atoms with Crippen LogP contribution in [0.25, 0.3) is 0 Å². The van der Waals surface area contributed by atoms with Crippen LogP contribution in [0.5, 0.6) is 11.5 Å². The first-order chi connectivity index (χ1) is 16.5. The zero-order valence-electron chi connectivity index (χ0n) is 18.7. The molecule has 5 rings (SSSR count). The summed E-state index contributed by atoms with van der Waals surface area (Å²) in [7, 11) is 1.53. The molecular weight excluding hydrogens is 436 g/mol. The SMILES string of the molecule is COc1ccccc1N1C[C@H](C(=O)Oc2cccc(N3C(=O)[C@H]4CC=CC[C@@H]4C3=O)c2)CC1=O. The van der Waals surface area contributed by atoms with Crippen LogP contribution in [0.15, 0.2) is 60.7 Å². The number of carbonyl (C=O) groups excluding carboxylic acids is 4. The second-order valence-electron chi connectivity index (χ2n) is 8.66. The fraction of sp³-hybridized carbons (Fsp3) is 0.308. The fourth-order valence-electron chi connectivity index (χ4n) is 4.89. The zero-order chi connectivity index (χ0) is 23.8. The van der Waals surface area contributed by atoms with Gasteiger partial charge in [0, 0.05) is 19.0 Å². The Bertz CT molecular complexity index is 1180. The lowest BCUT2D eigenvalue weighted by Gasteiger charge is -2.19. The molecule has 2 aromatic rings. The van der Waals surface area contributed by atoms with E-state index in [9.17, 15) is 19.2 Å². The van der Waals surface area contributed by atoms with Crippen molar-refractivity contribution in [1.82, 2.24) is 0 Å². The number of hydrogen-bond acceptors (Lipinski definition) is 6. The number of nitrogens with zero attached hydrogens (tertiary/aromatic N) is 2. The molecule has 2 aliphatic heterocycles. The molecule has 3 atom stereocenters. The lowest BCUT2D eigenvalue weighted by molar-refractivity contribution is -0.139. The third kappa shape index (κ3) is 3.75. The maximum atomic E-state index is 12.9. The van der Waals surface area contributed by atoms with Crippen molar-refractivity contribution < 1.29 is 28.7 Å². The average Bonchev–Trinajstić information content (AvgIpc) is 3.36. The number of rotatable bonds is 5. The fourth-order valence-corrected chi connectivity index (χ4v) is 4.89. The van der Waals surface area contributed by atoms with Crippen molar-refractivity contribution in [2.24, 2.45) is 17.8 Å². The van der Waals surface area contributed by atoms with Crippen LogP contribution in [0.1, 0.15) is 19.3 Å². The number of fused-ring (bicyclic) bond motifs is 1. The zero-order valence-corrected chi connectivity index (χ0v) is 18.7. The second kappa shape index (κ2) is 8.78. The van der Waals surface area contributed by atoms with Gasteiger partial charge in [0.25, 0.3) is 0 Å². The van der Waals surface area contributed by atoms with E-state index in [0.29, 0.717) is 30.0 Å². The van der Waals surface area contributed by atoms with Crippen LogP contribution < -0.4 is 19.3 Å². The number of allylic oxidation sites excluding steroid dienone is 2. The summed E-state index contributed by atoms with van der Waals surface area (Å²) < 4.78 is 10.9. The Morgan fingerprint density at radius 3 is 2.35 bits per heavy atom. The highest BCUT2D eigenvalue weighted by Crippen LogP contribution is 2.39. The standard InChI is InChI=1S/C26H24N2O6/c1-33-22-12-5-4-11-21(22)27-15-16(13-23(27)29)26(32)34-18-8-6-7-17(14-18)28-24(30)19-9-2-3-10-20(19)25(28)31/h2-8,11-12,14,16,19-20H,9-10,13,15H2,1H3/t16-,19+,20+/m1/s1. The smallest absolute Gasteiger partial charge is 0.316 e. The van der Waals surface area contributed by atoms with Gasteiger partial charge < -0.3 is 14.4 Å². The number of amides is 3. The molecule has 8 nitrogen and oxygen atoms in total. The number of imide groups is 1. The molecule has 0 aromatic heterocycles. The summed E-state index contributed by atoms with van der Waals surface area (Å²) in [6.45, 7) is 0.178. The maximum Gasteiger partial charge on any atom is 0.316 e. The lowest BCUT2D eigenvalue weighted by atomic mass is 9.85. The molecule has 0 radical (unpaired) electrons. The summed E-state index contributed by atoms with van der Waals surface area (Å²) >= 11 is 0. The topological polar surface area (TPSA) is 93.2 Å². The van der Waals surface area contributed by atoms with E-state index >= 15 is 0 Å². The van der Waals surface area contributed by atoms with Gasteiger partial charge in [0.05, 0.1) is 36.2 Å². The molecule has 2 fully saturated rings.